The molecule has 1 N–H and O–H groups in total. The van der Waals surface area contributed by atoms with Crippen molar-refractivity contribution in [3.8, 4) is 0 Å². The number of hydrogen-bond acceptors (Lipinski definition) is 5. The van der Waals surface area contributed by atoms with E-state index in [0.717, 1.165) is 5.56 Å². The van der Waals surface area contributed by atoms with Gasteiger partial charge in [-0.25, -0.2) is 4.79 Å². The van der Waals surface area contributed by atoms with Crippen LogP contribution >= 0.6 is 0 Å². The number of ether oxygens (including phenoxy) is 2. The van der Waals surface area contributed by atoms with Crippen molar-refractivity contribution >= 4 is 12.1 Å². The molecular weight excluding hydrogens is 344 g/mol. The third kappa shape index (κ3) is 6.24. The van der Waals surface area contributed by atoms with Gasteiger partial charge in [-0.3, -0.25) is 4.79 Å². The summed E-state index contributed by atoms with van der Waals surface area (Å²) in [6.07, 6.45) is 0.209. The van der Waals surface area contributed by atoms with Crippen molar-refractivity contribution in [1.29, 1.82) is 0 Å². The zero-order chi connectivity index (χ0) is 20.0. The van der Waals surface area contributed by atoms with E-state index >= 15 is 0 Å². The first-order valence-corrected chi connectivity index (χ1v) is 9.67. The van der Waals surface area contributed by atoms with Gasteiger partial charge in [-0.1, -0.05) is 30.3 Å². The van der Waals surface area contributed by atoms with Crippen LogP contribution in [-0.2, 0) is 14.3 Å². The molecule has 6 nitrogen and oxygen atoms in total. The Morgan fingerprint density at radius 3 is 2.52 bits per heavy atom. The Morgan fingerprint density at radius 1 is 1.26 bits per heavy atom. The van der Waals surface area contributed by atoms with Crippen molar-refractivity contribution in [2.45, 2.75) is 58.7 Å². The molecular formula is C21H32N2O4. The average molecular weight is 376 g/mol. The summed E-state index contributed by atoms with van der Waals surface area (Å²) >= 11 is 0. The SMILES string of the molecule is CCOC(=O)[C@@H]1CCN(C(=O)OC(C)(C)C)C[C@H]1N[C@H](C)c1ccccc1. The highest BCUT2D eigenvalue weighted by molar-refractivity contribution is 5.74. The molecule has 27 heavy (non-hydrogen) atoms. The van der Waals surface area contributed by atoms with Crippen LogP contribution in [0, 0.1) is 5.92 Å². The molecule has 0 radical (unpaired) electrons. The van der Waals surface area contributed by atoms with Crippen molar-refractivity contribution in [3.63, 3.8) is 0 Å². The fourth-order valence-corrected chi connectivity index (χ4v) is 3.30. The van der Waals surface area contributed by atoms with E-state index in [9.17, 15) is 9.59 Å². The molecule has 0 unspecified atom stereocenters. The predicted molar refractivity (Wildman–Crippen MR) is 104 cm³/mol. The van der Waals surface area contributed by atoms with Crippen LogP contribution in [0.25, 0.3) is 0 Å². The highest BCUT2D eigenvalue weighted by Crippen LogP contribution is 2.24. The molecule has 1 heterocycles. The molecule has 0 spiro atoms. The van der Waals surface area contributed by atoms with Gasteiger partial charge in [0.1, 0.15) is 5.60 Å². The zero-order valence-electron chi connectivity index (χ0n) is 17.0. The lowest BCUT2D eigenvalue weighted by Gasteiger charge is -2.39. The molecule has 1 aromatic rings. The van der Waals surface area contributed by atoms with Crippen molar-refractivity contribution in [2.75, 3.05) is 19.7 Å². The summed E-state index contributed by atoms with van der Waals surface area (Å²) in [6.45, 7) is 10.7. The number of amides is 1. The number of nitrogens with zero attached hydrogens (tertiary/aromatic N) is 1. The number of rotatable bonds is 5. The summed E-state index contributed by atoms with van der Waals surface area (Å²) in [6, 6.07) is 9.90. The molecule has 3 atom stereocenters. The standard InChI is InChI=1S/C21H32N2O4/c1-6-26-19(24)17-12-13-23(20(25)27-21(3,4)5)14-18(17)22-15(2)16-10-8-7-9-11-16/h7-11,15,17-18,22H,6,12-14H2,1-5H3/t15-,17-,18-/m1/s1. The van der Waals surface area contributed by atoms with Crippen LogP contribution in [0.4, 0.5) is 4.79 Å². The monoisotopic (exact) mass is 376 g/mol. The molecule has 1 saturated heterocycles. The van der Waals surface area contributed by atoms with Crippen molar-refractivity contribution in [1.82, 2.24) is 10.2 Å². The summed E-state index contributed by atoms with van der Waals surface area (Å²) in [5.74, 6) is -0.492. The van der Waals surface area contributed by atoms with Crippen LogP contribution in [0.3, 0.4) is 0 Å². The lowest BCUT2D eigenvalue weighted by Crippen LogP contribution is -2.56. The summed E-state index contributed by atoms with van der Waals surface area (Å²) in [7, 11) is 0. The van der Waals surface area contributed by atoms with Crippen LogP contribution in [0.1, 0.15) is 52.6 Å². The second kappa shape index (κ2) is 9.22. The normalized spacial score (nSPS) is 21.4. The molecule has 1 aromatic carbocycles. The van der Waals surface area contributed by atoms with Gasteiger partial charge in [-0.2, -0.15) is 0 Å². The number of nitrogens with one attached hydrogen (secondary N) is 1. The first-order chi connectivity index (χ1) is 12.7. The molecule has 1 aliphatic heterocycles. The Hall–Kier alpha value is -2.08. The van der Waals surface area contributed by atoms with Crippen LogP contribution in [0.5, 0.6) is 0 Å². The molecule has 0 bridgehead atoms. The Kier molecular flexibility index (Phi) is 7.25. The van der Waals surface area contributed by atoms with Gasteiger partial charge in [0.25, 0.3) is 0 Å². The van der Waals surface area contributed by atoms with Gasteiger partial charge in [0.2, 0.25) is 0 Å². The highest BCUT2D eigenvalue weighted by atomic mass is 16.6. The topological polar surface area (TPSA) is 67.9 Å². The number of carbonyl (C=O) groups is 2. The van der Waals surface area contributed by atoms with Gasteiger partial charge in [0, 0.05) is 25.2 Å². The van der Waals surface area contributed by atoms with Gasteiger partial charge in [-0.15, -0.1) is 0 Å². The van der Waals surface area contributed by atoms with Crippen molar-refractivity contribution < 1.29 is 19.1 Å². The molecule has 1 aliphatic rings. The second-order valence-corrected chi connectivity index (χ2v) is 7.98. The Morgan fingerprint density at radius 2 is 1.93 bits per heavy atom. The van der Waals surface area contributed by atoms with Crippen LogP contribution < -0.4 is 5.32 Å². The van der Waals surface area contributed by atoms with Crippen LogP contribution in [0.15, 0.2) is 30.3 Å². The fraction of sp³-hybridized carbons (Fsp3) is 0.619. The lowest BCUT2D eigenvalue weighted by atomic mass is 9.90. The number of esters is 1. The third-order valence-corrected chi connectivity index (χ3v) is 4.62. The minimum atomic E-state index is -0.546. The second-order valence-electron chi connectivity index (χ2n) is 7.98. The predicted octanol–water partition coefficient (Wildman–Crippen LogP) is 3.53. The Labute approximate surface area is 162 Å². The maximum Gasteiger partial charge on any atom is 0.410 e. The maximum atomic E-state index is 12.5. The Balaban J connectivity index is 2.12. The summed E-state index contributed by atoms with van der Waals surface area (Å²) in [5, 5.41) is 3.52. The summed E-state index contributed by atoms with van der Waals surface area (Å²) in [4.78, 5) is 26.6. The third-order valence-electron chi connectivity index (χ3n) is 4.62. The minimum Gasteiger partial charge on any atom is -0.466 e. The molecule has 6 heteroatoms. The Bertz CT molecular complexity index is 627. The van der Waals surface area contributed by atoms with E-state index < -0.39 is 5.60 Å². The molecule has 1 fully saturated rings. The number of carbonyl (C=O) groups excluding carboxylic acids is 2. The molecule has 0 aromatic heterocycles. The number of hydrogen-bond donors (Lipinski definition) is 1. The largest absolute Gasteiger partial charge is 0.466 e. The van der Waals surface area contributed by atoms with E-state index in [1.54, 1.807) is 4.90 Å². The first-order valence-electron chi connectivity index (χ1n) is 9.67. The van der Waals surface area contributed by atoms with E-state index in [4.69, 9.17) is 9.47 Å². The minimum absolute atomic E-state index is 0.0479. The lowest BCUT2D eigenvalue weighted by molar-refractivity contribution is -0.151. The van der Waals surface area contributed by atoms with E-state index in [0.29, 0.717) is 26.1 Å². The van der Waals surface area contributed by atoms with Gasteiger partial charge < -0.3 is 19.7 Å². The number of piperidine rings is 1. The molecule has 1 amide bonds. The zero-order valence-corrected chi connectivity index (χ0v) is 17.0. The first kappa shape index (κ1) is 21.2. The highest BCUT2D eigenvalue weighted by Gasteiger charge is 2.38. The quantitative estimate of drug-likeness (QED) is 0.797. The van der Waals surface area contributed by atoms with Crippen molar-refractivity contribution in [2.24, 2.45) is 5.92 Å². The summed E-state index contributed by atoms with van der Waals surface area (Å²) in [5.41, 5.74) is 0.587. The van der Waals surface area contributed by atoms with Gasteiger partial charge in [0.15, 0.2) is 0 Å². The molecule has 0 aliphatic carbocycles. The molecule has 2 rings (SSSR count). The maximum absolute atomic E-state index is 12.5. The van der Waals surface area contributed by atoms with E-state index in [1.807, 2.05) is 58.0 Å². The average Bonchev–Trinajstić information content (AvgIpc) is 2.61. The van der Waals surface area contributed by atoms with E-state index in [-0.39, 0.29) is 30.1 Å². The number of likely N-dealkylation sites (tertiary alicyclic amines) is 1. The molecule has 150 valence electrons. The van der Waals surface area contributed by atoms with Gasteiger partial charge in [0.05, 0.1) is 12.5 Å². The van der Waals surface area contributed by atoms with Crippen LogP contribution in [0.2, 0.25) is 0 Å². The van der Waals surface area contributed by atoms with Crippen molar-refractivity contribution in [3.05, 3.63) is 35.9 Å². The summed E-state index contributed by atoms with van der Waals surface area (Å²) < 4.78 is 10.8. The van der Waals surface area contributed by atoms with Crippen LogP contribution in [-0.4, -0.2) is 48.3 Å². The molecule has 0 saturated carbocycles. The van der Waals surface area contributed by atoms with E-state index in [2.05, 4.69) is 12.2 Å². The van der Waals surface area contributed by atoms with E-state index in [1.165, 1.54) is 0 Å². The number of benzene rings is 1. The fourth-order valence-electron chi connectivity index (χ4n) is 3.30. The smallest absolute Gasteiger partial charge is 0.410 e. The van der Waals surface area contributed by atoms with Gasteiger partial charge in [-0.05, 0) is 46.6 Å². The van der Waals surface area contributed by atoms with Gasteiger partial charge >= 0.3 is 12.1 Å².